The Balaban J connectivity index is 2.32. The Labute approximate surface area is 138 Å². The number of carbonyl (C=O) groups is 1. The van der Waals surface area contributed by atoms with Gasteiger partial charge in [0.2, 0.25) is 0 Å². The van der Waals surface area contributed by atoms with Crippen molar-refractivity contribution in [2.45, 2.75) is 6.04 Å². The van der Waals surface area contributed by atoms with Gasteiger partial charge in [-0.25, -0.2) is 4.36 Å². The van der Waals surface area contributed by atoms with Crippen LogP contribution in [0.1, 0.15) is 27.5 Å². The van der Waals surface area contributed by atoms with Gasteiger partial charge in [0.15, 0.2) is 0 Å². The van der Waals surface area contributed by atoms with Crippen LogP contribution in [0.3, 0.4) is 0 Å². The van der Waals surface area contributed by atoms with Gasteiger partial charge in [0.05, 0.1) is 0 Å². The van der Waals surface area contributed by atoms with Gasteiger partial charge in [-0.2, -0.15) is 0 Å². The van der Waals surface area contributed by atoms with Gasteiger partial charge in [-0.05, 0) is 35.4 Å². The Bertz CT molecular complexity index is 656. The van der Waals surface area contributed by atoms with Crippen LogP contribution in [0.5, 0.6) is 0 Å². The summed E-state index contributed by atoms with van der Waals surface area (Å²) < 4.78 is 5.04. The van der Waals surface area contributed by atoms with Crippen molar-refractivity contribution in [2.75, 3.05) is 14.1 Å². The molecule has 1 unspecified atom stereocenters. The maximum absolute atomic E-state index is 11.9. The molecule has 0 N–H and O–H groups in total. The molecule has 2 aromatic rings. The second-order valence-electron chi connectivity index (χ2n) is 4.88. The maximum Gasteiger partial charge on any atom is 0.253 e. The number of rotatable bonds is 4. The molecule has 0 aliphatic heterocycles. The number of halogens is 1. The van der Waals surface area contributed by atoms with Gasteiger partial charge in [0.25, 0.3) is 5.91 Å². The van der Waals surface area contributed by atoms with Crippen LogP contribution in [0.15, 0.2) is 57.4 Å². The van der Waals surface area contributed by atoms with Crippen LogP contribution in [-0.4, -0.2) is 24.9 Å². The third kappa shape index (κ3) is 3.74. The van der Waals surface area contributed by atoms with Crippen LogP contribution in [0.2, 0.25) is 0 Å². The highest BCUT2D eigenvalue weighted by Crippen LogP contribution is 2.28. The molecule has 0 fully saturated rings. The maximum atomic E-state index is 11.9. The van der Waals surface area contributed by atoms with Gasteiger partial charge in [-0.3, -0.25) is 4.79 Å². The molecule has 0 saturated heterocycles. The molecular weight excluding hydrogens is 348 g/mol. The van der Waals surface area contributed by atoms with Crippen molar-refractivity contribution >= 4 is 34.3 Å². The molecule has 0 saturated carbocycles. The molecule has 21 heavy (non-hydrogen) atoms. The van der Waals surface area contributed by atoms with Gasteiger partial charge >= 0.3 is 0 Å². The minimum absolute atomic E-state index is 0.0177. The summed E-state index contributed by atoms with van der Waals surface area (Å²) in [7, 11) is 3.47. The molecule has 0 heterocycles. The second kappa shape index (κ2) is 6.91. The van der Waals surface area contributed by atoms with E-state index in [1.807, 2.05) is 48.5 Å². The summed E-state index contributed by atoms with van der Waals surface area (Å²) in [4.78, 5) is 13.4. The molecule has 2 aromatic carbocycles. The fraction of sp³-hybridized carbons (Fsp3) is 0.188. The molecule has 1 amide bonds. The molecular formula is C16H15BrN2OS. The Kier molecular flexibility index (Phi) is 5.20. The average molecular weight is 363 g/mol. The molecule has 0 radical (unpaired) electrons. The molecule has 108 valence electrons. The molecule has 0 aliphatic carbocycles. The van der Waals surface area contributed by atoms with Gasteiger partial charge < -0.3 is 4.90 Å². The minimum atomic E-state index is -0.207. The third-order valence-electron chi connectivity index (χ3n) is 3.15. The lowest BCUT2D eigenvalue weighted by Crippen LogP contribution is -2.21. The van der Waals surface area contributed by atoms with E-state index in [1.165, 1.54) is 0 Å². The van der Waals surface area contributed by atoms with Crippen LogP contribution in [0, 0.1) is 0 Å². The van der Waals surface area contributed by atoms with Crippen LogP contribution >= 0.6 is 15.9 Å². The van der Waals surface area contributed by atoms with E-state index in [9.17, 15) is 4.79 Å². The molecule has 5 heteroatoms. The molecule has 0 aliphatic rings. The summed E-state index contributed by atoms with van der Waals surface area (Å²) in [5.41, 5.74) is 2.64. The zero-order valence-electron chi connectivity index (χ0n) is 11.8. The summed E-state index contributed by atoms with van der Waals surface area (Å²) in [5, 5.41) is 0. The first-order chi connectivity index (χ1) is 10.0. The van der Waals surface area contributed by atoms with Gasteiger partial charge in [-0.1, -0.05) is 40.2 Å². The molecule has 1 atom stereocenters. The molecule has 0 spiro atoms. The summed E-state index contributed by atoms with van der Waals surface area (Å²) in [5.74, 6) is -0.0177. The van der Waals surface area contributed by atoms with Crippen molar-refractivity contribution in [3.8, 4) is 0 Å². The third-order valence-corrected chi connectivity index (χ3v) is 3.85. The smallest absolute Gasteiger partial charge is 0.253 e. The SMILES string of the molecule is CN(C)C(=O)c1ccc(C(N=S)c2cccc(Br)c2)cc1. The van der Waals surface area contributed by atoms with E-state index in [1.54, 1.807) is 19.0 Å². The van der Waals surface area contributed by atoms with E-state index in [4.69, 9.17) is 12.4 Å². The van der Waals surface area contributed by atoms with Crippen molar-refractivity contribution in [1.29, 1.82) is 0 Å². The van der Waals surface area contributed by atoms with E-state index in [2.05, 4.69) is 20.3 Å². The van der Waals surface area contributed by atoms with Gasteiger partial charge in [0, 0.05) is 36.6 Å². The molecule has 3 nitrogen and oxygen atoms in total. The first-order valence-corrected chi connectivity index (χ1v) is 7.58. The predicted octanol–water partition coefficient (Wildman–Crippen LogP) is 3.97. The first-order valence-electron chi connectivity index (χ1n) is 6.42. The summed E-state index contributed by atoms with van der Waals surface area (Å²) >= 11 is 8.39. The summed E-state index contributed by atoms with van der Waals surface area (Å²) in [6, 6.07) is 15.1. The van der Waals surface area contributed by atoms with Gasteiger partial charge in [-0.15, -0.1) is 0 Å². The van der Waals surface area contributed by atoms with Crippen LogP contribution < -0.4 is 0 Å². The fourth-order valence-corrected chi connectivity index (χ4v) is 2.72. The van der Waals surface area contributed by atoms with Crippen molar-refractivity contribution in [1.82, 2.24) is 4.90 Å². The quantitative estimate of drug-likeness (QED) is 0.824. The van der Waals surface area contributed by atoms with Crippen molar-refractivity contribution in [3.05, 3.63) is 69.7 Å². The highest BCUT2D eigenvalue weighted by molar-refractivity contribution is 9.10. The lowest BCUT2D eigenvalue weighted by molar-refractivity contribution is 0.0827. The minimum Gasteiger partial charge on any atom is -0.345 e. The number of amides is 1. The number of nitrogens with zero attached hydrogens (tertiary/aromatic N) is 2. The number of benzene rings is 2. The normalized spacial score (nSPS) is 11.8. The lowest BCUT2D eigenvalue weighted by atomic mass is 9.98. The van der Waals surface area contributed by atoms with E-state index in [0.29, 0.717) is 5.56 Å². The largest absolute Gasteiger partial charge is 0.345 e. The second-order valence-corrected chi connectivity index (χ2v) is 6.01. The Hall–Kier alpha value is -1.59. The standard InChI is InChI=1S/C16H15BrN2OS/c1-19(2)16(20)12-8-6-11(7-9-12)15(18-21)13-4-3-5-14(17)10-13/h3-10,15H,1-2H3. The Morgan fingerprint density at radius 1 is 1.14 bits per heavy atom. The fourth-order valence-electron chi connectivity index (χ4n) is 2.06. The Morgan fingerprint density at radius 2 is 1.81 bits per heavy atom. The van der Waals surface area contributed by atoms with Gasteiger partial charge in [0.1, 0.15) is 6.04 Å². The zero-order valence-corrected chi connectivity index (χ0v) is 14.2. The lowest BCUT2D eigenvalue weighted by Gasteiger charge is -2.14. The predicted molar refractivity (Wildman–Crippen MR) is 90.2 cm³/mol. The van der Waals surface area contributed by atoms with Crippen LogP contribution in [0.25, 0.3) is 0 Å². The zero-order chi connectivity index (χ0) is 15.4. The highest BCUT2D eigenvalue weighted by atomic mass is 79.9. The summed E-state index contributed by atoms with van der Waals surface area (Å²) in [6.45, 7) is 0. The molecule has 2 rings (SSSR count). The highest BCUT2D eigenvalue weighted by Gasteiger charge is 2.14. The summed E-state index contributed by atoms with van der Waals surface area (Å²) in [6.07, 6.45) is 0. The van der Waals surface area contributed by atoms with Crippen LogP contribution in [-0.2, 0) is 12.4 Å². The van der Waals surface area contributed by atoms with Crippen molar-refractivity contribution in [2.24, 2.45) is 4.36 Å². The number of carbonyl (C=O) groups excluding carboxylic acids is 1. The van der Waals surface area contributed by atoms with Crippen LogP contribution in [0.4, 0.5) is 0 Å². The number of hydrogen-bond donors (Lipinski definition) is 0. The Morgan fingerprint density at radius 3 is 2.33 bits per heavy atom. The average Bonchev–Trinajstić information content (AvgIpc) is 2.48. The van der Waals surface area contributed by atoms with E-state index >= 15 is 0 Å². The molecule has 0 aromatic heterocycles. The topological polar surface area (TPSA) is 32.7 Å². The van der Waals surface area contributed by atoms with Crippen molar-refractivity contribution < 1.29 is 4.79 Å². The monoisotopic (exact) mass is 362 g/mol. The van der Waals surface area contributed by atoms with Crippen molar-refractivity contribution in [3.63, 3.8) is 0 Å². The first kappa shape index (κ1) is 15.8. The number of hydrogen-bond acceptors (Lipinski definition) is 3. The molecule has 0 bridgehead atoms. The van der Waals surface area contributed by atoms with E-state index < -0.39 is 0 Å². The van der Waals surface area contributed by atoms with E-state index in [0.717, 1.165) is 15.6 Å². The van der Waals surface area contributed by atoms with E-state index in [-0.39, 0.29) is 11.9 Å².